The van der Waals surface area contributed by atoms with Crippen molar-refractivity contribution < 1.29 is 13.5 Å². The van der Waals surface area contributed by atoms with Gasteiger partial charge in [0.2, 0.25) is 0 Å². The van der Waals surface area contributed by atoms with Crippen LogP contribution in [0.5, 0.6) is 5.75 Å². The molecule has 1 aliphatic rings. The number of halogens is 4. The number of hydrogen-bond acceptors (Lipinski definition) is 3. The number of rotatable bonds is 4. The fraction of sp³-hybridized carbons (Fsp3) is 0.538. The van der Waals surface area contributed by atoms with Gasteiger partial charge >= 0.3 is 6.61 Å². The summed E-state index contributed by atoms with van der Waals surface area (Å²) in [5.41, 5.74) is 0.723. The maximum atomic E-state index is 12.2. The molecule has 0 spiro atoms. The monoisotopic (exact) mass is 341 g/mol. The molecule has 1 heterocycles. The first-order valence-corrected chi connectivity index (χ1v) is 8.10. The van der Waals surface area contributed by atoms with Crippen LogP contribution in [0.3, 0.4) is 0 Å². The number of nitrogens with one attached hydrogen (secondary N) is 1. The second-order valence-corrected chi connectivity index (χ2v) is 6.92. The molecular formula is C13H15Cl2F2NOS. The molecule has 20 heavy (non-hydrogen) atoms. The zero-order valence-corrected chi connectivity index (χ0v) is 13.2. The lowest BCUT2D eigenvalue weighted by molar-refractivity contribution is -0.0497. The van der Waals surface area contributed by atoms with Gasteiger partial charge in [0.05, 0.1) is 10.0 Å². The van der Waals surface area contributed by atoms with Gasteiger partial charge in [-0.1, -0.05) is 30.1 Å². The van der Waals surface area contributed by atoms with Crippen molar-refractivity contribution in [3.63, 3.8) is 0 Å². The van der Waals surface area contributed by atoms with Crippen LogP contribution in [0.1, 0.15) is 19.8 Å². The zero-order valence-electron chi connectivity index (χ0n) is 10.8. The van der Waals surface area contributed by atoms with Gasteiger partial charge in [-0.15, -0.1) is 0 Å². The van der Waals surface area contributed by atoms with E-state index < -0.39 is 6.61 Å². The van der Waals surface area contributed by atoms with Gasteiger partial charge < -0.3 is 10.1 Å². The topological polar surface area (TPSA) is 21.3 Å². The van der Waals surface area contributed by atoms with Gasteiger partial charge in [-0.05, 0) is 30.7 Å². The second-order valence-electron chi connectivity index (χ2n) is 4.62. The smallest absolute Gasteiger partial charge is 0.387 e. The lowest BCUT2D eigenvalue weighted by Gasteiger charge is -2.30. The summed E-state index contributed by atoms with van der Waals surface area (Å²) in [4.78, 5) is 0. The maximum absolute atomic E-state index is 12.2. The lowest BCUT2D eigenvalue weighted by atomic mass is 10.1. The summed E-state index contributed by atoms with van der Waals surface area (Å²) < 4.78 is 28.8. The van der Waals surface area contributed by atoms with Crippen LogP contribution in [0, 0.1) is 0 Å². The van der Waals surface area contributed by atoms with E-state index in [1.807, 2.05) is 11.8 Å². The second kappa shape index (κ2) is 7.05. The Labute approximate surface area is 131 Å². The van der Waals surface area contributed by atoms with Crippen molar-refractivity contribution >= 4 is 40.7 Å². The minimum absolute atomic E-state index is 0.0800. The van der Waals surface area contributed by atoms with E-state index >= 15 is 0 Å². The molecule has 0 bridgehead atoms. The molecule has 1 aromatic carbocycles. The molecular weight excluding hydrogens is 327 g/mol. The van der Waals surface area contributed by atoms with E-state index in [1.54, 1.807) is 12.1 Å². The molecule has 0 radical (unpaired) electrons. The van der Waals surface area contributed by atoms with Crippen molar-refractivity contribution in [2.24, 2.45) is 0 Å². The third-order valence-corrected chi connectivity index (χ3v) is 5.10. The summed E-state index contributed by atoms with van der Waals surface area (Å²) in [6, 6.07) is 3.46. The normalized spacial score (nSPS) is 22.9. The summed E-state index contributed by atoms with van der Waals surface area (Å²) in [5, 5.41) is 4.00. The van der Waals surface area contributed by atoms with Gasteiger partial charge in [-0.3, -0.25) is 0 Å². The molecule has 2 atom stereocenters. The van der Waals surface area contributed by atoms with Crippen LogP contribution >= 0.6 is 35.0 Å². The highest BCUT2D eigenvalue weighted by Gasteiger charge is 2.22. The minimum Gasteiger partial charge on any atom is -0.432 e. The third-order valence-electron chi connectivity index (χ3n) is 3.16. The number of hydrogen-bond donors (Lipinski definition) is 1. The number of ether oxygens (including phenoxy) is 1. The van der Waals surface area contributed by atoms with Gasteiger partial charge in [0.15, 0.2) is 5.75 Å². The molecule has 112 valence electrons. The van der Waals surface area contributed by atoms with Gasteiger partial charge in [-0.25, -0.2) is 0 Å². The van der Waals surface area contributed by atoms with E-state index in [4.69, 9.17) is 23.2 Å². The predicted octanol–water partition coefficient (Wildman–Crippen LogP) is 5.29. The highest BCUT2D eigenvalue weighted by molar-refractivity contribution is 8.00. The average molecular weight is 342 g/mol. The molecule has 0 aliphatic carbocycles. The largest absolute Gasteiger partial charge is 0.432 e. The Morgan fingerprint density at radius 2 is 2.00 bits per heavy atom. The van der Waals surface area contributed by atoms with Crippen LogP contribution in [0.4, 0.5) is 14.5 Å². The van der Waals surface area contributed by atoms with Crippen LogP contribution in [0.15, 0.2) is 12.1 Å². The minimum atomic E-state index is -2.95. The Kier molecular flexibility index (Phi) is 5.64. The molecule has 0 aromatic heterocycles. The van der Waals surface area contributed by atoms with Crippen molar-refractivity contribution in [2.75, 3.05) is 11.1 Å². The Hall–Kier alpha value is -0.390. The van der Waals surface area contributed by atoms with Crippen molar-refractivity contribution in [1.29, 1.82) is 0 Å². The molecule has 2 nitrogen and oxygen atoms in total. The third kappa shape index (κ3) is 4.06. The van der Waals surface area contributed by atoms with E-state index in [1.165, 1.54) is 5.75 Å². The highest BCUT2D eigenvalue weighted by atomic mass is 35.5. The van der Waals surface area contributed by atoms with E-state index in [9.17, 15) is 8.78 Å². The summed E-state index contributed by atoms with van der Waals surface area (Å²) in [6.45, 7) is -0.780. The summed E-state index contributed by atoms with van der Waals surface area (Å²) >= 11 is 13.8. The first kappa shape index (κ1) is 16.0. The molecule has 7 heteroatoms. The molecule has 2 unspecified atom stereocenters. The van der Waals surface area contributed by atoms with Crippen LogP contribution in [0.2, 0.25) is 10.0 Å². The summed E-state index contributed by atoms with van der Waals surface area (Å²) in [6.07, 6.45) is 2.22. The quantitative estimate of drug-likeness (QED) is 0.803. The first-order valence-electron chi connectivity index (χ1n) is 6.29. The van der Waals surface area contributed by atoms with E-state index in [2.05, 4.69) is 17.0 Å². The van der Waals surface area contributed by atoms with Crippen molar-refractivity contribution in [2.45, 2.75) is 37.7 Å². The first-order chi connectivity index (χ1) is 9.47. The van der Waals surface area contributed by atoms with E-state index in [0.717, 1.165) is 18.5 Å². The molecule has 2 rings (SSSR count). The fourth-order valence-electron chi connectivity index (χ4n) is 2.17. The van der Waals surface area contributed by atoms with Gasteiger partial charge in [0.1, 0.15) is 0 Å². The Morgan fingerprint density at radius 1 is 1.35 bits per heavy atom. The van der Waals surface area contributed by atoms with Crippen LogP contribution in [-0.4, -0.2) is 23.7 Å². The standard InChI is InChI=1S/C13H15Cl2F2NOS/c1-7-11(3-2-4-20-7)18-8-5-9(14)12(10(15)6-8)19-13(16)17/h5-7,11,13,18H,2-4H2,1H3. The number of anilines is 1. The van der Waals surface area contributed by atoms with Crippen LogP contribution in [-0.2, 0) is 0 Å². The average Bonchev–Trinajstić information content (AvgIpc) is 2.36. The number of thioether (sulfide) groups is 1. The summed E-state index contributed by atoms with van der Waals surface area (Å²) in [5.74, 6) is 0.988. The van der Waals surface area contributed by atoms with Gasteiger partial charge in [0.25, 0.3) is 0 Å². The predicted molar refractivity (Wildman–Crippen MR) is 81.7 cm³/mol. The molecule has 1 N–H and O–H groups in total. The Morgan fingerprint density at radius 3 is 2.55 bits per heavy atom. The molecule has 1 aromatic rings. The maximum Gasteiger partial charge on any atom is 0.387 e. The number of alkyl halides is 2. The van der Waals surface area contributed by atoms with E-state index in [0.29, 0.717) is 11.3 Å². The van der Waals surface area contributed by atoms with Crippen LogP contribution < -0.4 is 10.1 Å². The Bertz CT molecular complexity index is 453. The van der Waals surface area contributed by atoms with Crippen molar-refractivity contribution in [3.05, 3.63) is 22.2 Å². The fourth-order valence-corrected chi connectivity index (χ4v) is 3.89. The zero-order chi connectivity index (χ0) is 14.7. The molecule has 1 saturated heterocycles. The number of benzene rings is 1. The van der Waals surface area contributed by atoms with Gasteiger partial charge in [-0.2, -0.15) is 20.5 Å². The van der Waals surface area contributed by atoms with E-state index in [-0.39, 0.29) is 15.8 Å². The molecule has 1 aliphatic heterocycles. The van der Waals surface area contributed by atoms with Crippen molar-refractivity contribution in [1.82, 2.24) is 0 Å². The SMILES string of the molecule is CC1SCCCC1Nc1cc(Cl)c(OC(F)F)c(Cl)c1. The highest BCUT2D eigenvalue weighted by Crippen LogP contribution is 2.38. The molecule has 0 amide bonds. The summed E-state index contributed by atoms with van der Waals surface area (Å²) in [7, 11) is 0. The molecule has 1 fully saturated rings. The Balaban J connectivity index is 2.13. The molecule has 0 saturated carbocycles. The lowest BCUT2D eigenvalue weighted by Crippen LogP contribution is -2.32. The van der Waals surface area contributed by atoms with Crippen LogP contribution in [0.25, 0.3) is 0 Å². The van der Waals surface area contributed by atoms with Gasteiger partial charge in [0, 0.05) is 17.0 Å². The van der Waals surface area contributed by atoms with Crippen molar-refractivity contribution in [3.8, 4) is 5.75 Å².